The van der Waals surface area contributed by atoms with Gasteiger partial charge in [-0.05, 0) is 30.7 Å². The van der Waals surface area contributed by atoms with E-state index in [1.54, 1.807) is 36.4 Å². The second-order valence-electron chi connectivity index (χ2n) is 4.35. The molecule has 4 heteroatoms. The van der Waals surface area contributed by atoms with E-state index in [4.69, 9.17) is 5.26 Å². The lowest BCUT2D eigenvalue weighted by Gasteiger charge is -2.03. The van der Waals surface area contributed by atoms with E-state index in [1.165, 1.54) is 18.2 Å². The molecule has 0 aliphatic heterocycles. The molecular formula is C16H13NO2S. The summed E-state index contributed by atoms with van der Waals surface area (Å²) in [6.45, 7) is 1.94. The maximum Gasteiger partial charge on any atom is 0.216 e. The molecular weight excluding hydrogens is 270 g/mol. The van der Waals surface area contributed by atoms with E-state index in [2.05, 4.69) is 0 Å². The van der Waals surface area contributed by atoms with E-state index in [0.717, 1.165) is 5.56 Å². The summed E-state index contributed by atoms with van der Waals surface area (Å²) in [5.74, 6) is 0. The molecule has 0 amide bonds. The van der Waals surface area contributed by atoms with Gasteiger partial charge in [0, 0.05) is 0 Å². The number of benzene rings is 2. The van der Waals surface area contributed by atoms with E-state index in [0.29, 0.717) is 5.56 Å². The van der Waals surface area contributed by atoms with Gasteiger partial charge in [0.15, 0.2) is 0 Å². The molecule has 20 heavy (non-hydrogen) atoms. The average molecular weight is 283 g/mol. The highest BCUT2D eigenvalue weighted by Crippen LogP contribution is 2.20. The van der Waals surface area contributed by atoms with Gasteiger partial charge in [0.1, 0.15) is 11.0 Å². The van der Waals surface area contributed by atoms with Crippen LogP contribution in [-0.2, 0) is 9.84 Å². The monoisotopic (exact) mass is 283 g/mol. The molecule has 0 heterocycles. The molecule has 2 aromatic rings. The Hall–Kier alpha value is -2.38. The predicted molar refractivity (Wildman–Crippen MR) is 78.4 cm³/mol. The fourth-order valence-electron chi connectivity index (χ4n) is 1.71. The molecule has 100 valence electrons. The quantitative estimate of drug-likeness (QED) is 0.812. The van der Waals surface area contributed by atoms with Gasteiger partial charge in [0.05, 0.1) is 4.90 Å². The lowest BCUT2D eigenvalue weighted by molar-refractivity contribution is 0.603. The Morgan fingerprint density at radius 3 is 2.20 bits per heavy atom. The van der Waals surface area contributed by atoms with Crippen LogP contribution in [0.1, 0.15) is 11.1 Å². The molecule has 0 radical (unpaired) electrons. The zero-order chi connectivity index (χ0) is 14.6. The van der Waals surface area contributed by atoms with Gasteiger partial charge < -0.3 is 0 Å². The molecule has 0 bridgehead atoms. The molecule has 3 nitrogen and oxygen atoms in total. The molecule has 0 N–H and O–H groups in total. The SMILES string of the molecule is Cc1ccc(/C=C(/C#N)S(=O)(=O)c2ccccc2)cc1. The summed E-state index contributed by atoms with van der Waals surface area (Å²) in [5, 5.41) is 9.14. The maximum absolute atomic E-state index is 12.3. The zero-order valence-corrected chi connectivity index (χ0v) is 11.8. The third-order valence-electron chi connectivity index (χ3n) is 2.83. The molecule has 0 unspecified atom stereocenters. The lowest BCUT2D eigenvalue weighted by atomic mass is 10.1. The van der Waals surface area contributed by atoms with Gasteiger partial charge in [-0.25, -0.2) is 8.42 Å². The van der Waals surface area contributed by atoms with Gasteiger partial charge >= 0.3 is 0 Å². The number of nitrogens with zero attached hydrogens (tertiary/aromatic N) is 1. The average Bonchev–Trinajstić information content (AvgIpc) is 2.47. The number of rotatable bonds is 3. The normalized spacial score (nSPS) is 11.9. The van der Waals surface area contributed by atoms with Crippen molar-refractivity contribution in [2.75, 3.05) is 0 Å². The van der Waals surface area contributed by atoms with Crippen molar-refractivity contribution in [1.29, 1.82) is 5.26 Å². The number of hydrogen-bond acceptors (Lipinski definition) is 3. The molecule has 2 rings (SSSR count). The predicted octanol–water partition coefficient (Wildman–Crippen LogP) is 3.33. The van der Waals surface area contributed by atoms with Crippen LogP contribution in [0.15, 0.2) is 64.4 Å². The summed E-state index contributed by atoms with van der Waals surface area (Å²) < 4.78 is 24.7. The molecule has 0 saturated carbocycles. The van der Waals surface area contributed by atoms with Crippen LogP contribution in [0.2, 0.25) is 0 Å². The first-order valence-electron chi connectivity index (χ1n) is 6.02. The van der Waals surface area contributed by atoms with Crippen molar-refractivity contribution in [2.24, 2.45) is 0 Å². The van der Waals surface area contributed by atoms with E-state index >= 15 is 0 Å². The van der Waals surface area contributed by atoms with Crippen molar-refractivity contribution in [3.05, 3.63) is 70.6 Å². The van der Waals surface area contributed by atoms with Gasteiger partial charge in [0.2, 0.25) is 9.84 Å². The fraction of sp³-hybridized carbons (Fsp3) is 0.0625. The van der Waals surface area contributed by atoms with E-state index in [9.17, 15) is 8.42 Å². The van der Waals surface area contributed by atoms with Gasteiger partial charge in [-0.3, -0.25) is 0 Å². The first-order chi connectivity index (χ1) is 9.54. The highest BCUT2D eigenvalue weighted by Gasteiger charge is 2.20. The first-order valence-corrected chi connectivity index (χ1v) is 7.51. The zero-order valence-electron chi connectivity index (χ0n) is 10.9. The summed E-state index contributed by atoms with van der Waals surface area (Å²) in [7, 11) is -3.76. The minimum atomic E-state index is -3.76. The van der Waals surface area contributed by atoms with Gasteiger partial charge in [-0.2, -0.15) is 5.26 Å². The minimum Gasteiger partial charge on any atom is -0.218 e. The van der Waals surface area contributed by atoms with Crippen molar-refractivity contribution in [3.8, 4) is 6.07 Å². The second-order valence-corrected chi connectivity index (χ2v) is 6.27. The molecule has 0 spiro atoms. The summed E-state index contributed by atoms with van der Waals surface area (Å²) in [6.07, 6.45) is 1.39. The van der Waals surface area contributed by atoms with Crippen molar-refractivity contribution >= 4 is 15.9 Å². The summed E-state index contributed by atoms with van der Waals surface area (Å²) in [6, 6.07) is 17.0. The highest BCUT2D eigenvalue weighted by atomic mass is 32.2. The van der Waals surface area contributed by atoms with Crippen molar-refractivity contribution in [3.63, 3.8) is 0 Å². The Morgan fingerprint density at radius 2 is 1.65 bits per heavy atom. The van der Waals surface area contributed by atoms with Crippen LogP contribution >= 0.6 is 0 Å². The summed E-state index contributed by atoms with van der Waals surface area (Å²) in [4.78, 5) is -0.132. The molecule has 0 saturated heterocycles. The highest BCUT2D eigenvalue weighted by molar-refractivity contribution is 7.95. The van der Waals surface area contributed by atoms with Gasteiger partial charge in [-0.15, -0.1) is 0 Å². The van der Waals surface area contributed by atoms with E-state index < -0.39 is 9.84 Å². The number of nitriles is 1. The van der Waals surface area contributed by atoms with Crippen LogP contribution in [0, 0.1) is 18.3 Å². The van der Waals surface area contributed by atoms with Crippen molar-refractivity contribution < 1.29 is 8.42 Å². The van der Waals surface area contributed by atoms with Gasteiger partial charge in [-0.1, -0.05) is 48.0 Å². The number of allylic oxidation sites excluding steroid dienone is 1. The van der Waals surface area contributed by atoms with Crippen molar-refractivity contribution in [1.82, 2.24) is 0 Å². The smallest absolute Gasteiger partial charge is 0.216 e. The molecule has 0 fully saturated rings. The second kappa shape index (κ2) is 5.72. The molecule has 2 aromatic carbocycles. The molecule has 0 aliphatic rings. The Morgan fingerprint density at radius 1 is 1.05 bits per heavy atom. The minimum absolute atomic E-state index is 0.125. The van der Waals surface area contributed by atoms with Crippen LogP contribution in [0.25, 0.3) is 6.08 Å². The van der Waals surface area contributed by atoms with E-state index in [-0.39, 0.29) is 9.80 Å². The standard InChI is InChI=1S/C16H13NO2S/c1-13-7-9-14(10-8-13)11-16(12-17)20(18,19)15-5-3-2-4-6-15/h2-11H,1H3/b16-11-. The first kappa shape index (κ1) is 14.0. The van der Waals surface area contributed by atoms with Crippen LogP contribution in [0.4, 0.5) is 0 Å². The number of aryl methyl sites for hydroxylation is 1. The van der Waals surface area contributed by atoms with Crippen molar-refractivity contribution in [2.45, 2.75) is 11.8 Å². The Bertz CT molecular complexity index is 767. The van der Waals surface area contributed by atoms with Crippen LogP contribution < -0.4 is 0 Å². The largest absolute Gasteiger partial charge is 0.218 e. The third kappa shape index (κ3) is 2.95. The Balaban J connectivity index is 2.48. The number of hydrogen-bond donors (Lipinski definition) is 0. The van der Waals surface area contributed by atoms with Crippen LogP contribution in [-0.4, -0.2) is 8.42 Å². The van der Waals surface area contributed by atoms with E-state index in [1.807, 2.05) is 19.1 Å². The fourth-order valence-corrected chi connectivity index (χ4v) is 2.89. The number of sulfone groups is 1. The topological polar surface area (TPSA) is 57.9 Å². The van der Waals surface area contributed by atoms with Gasteiger partial charge in [0.25, 0.3) is 0 Å². The Kier molecular flexibility index (Phi) is 4.02. The van der Waals surface area contributed by atoms with Crippen LogP contribution in [0.3, 0.4) is 0 Å². The van der Waals surface area contributed by atoms with Crippen LogP contribution in [0.5, 0.6) is 0 Å². The lowest BCUT2D eigenvalue weighted by Crippen LogP contribution is -2.03. The molecule has 0 aliphatic carbocycles. The maximum atomic E-state index is 12.3. The molecule has 0 atom stereocenters. The summed E-state index contributed by atoms with van der Waals surface area (Å²) >= 11 is 0. The Labute approximate surface area is 118 Å². The molecule has 0 aromatic heterocycles. The third-order valence-corrected chi connectivity index (χ3v) is 4.51. The summed E-state index contributed by atoms with van der Waals surface area (Å²) in [5.41, 5.74) is 1.76.